The van der Waals surface area contributed by atoms with Crippen molar-refractivity contribution in [2.24, 2.45) is 0 Å². The van der Waals surface area contributed by atoms with Gasteiger partial charge in [-0.25, -0.2) is 4.98 Å². The fraction of sp³-hybridized carbons (Fsp3) is 0.444. The van der Waals surface area contributed by atoms with Gasteiger partial charge in [-0.2, -0.15) is 5.26 Å². The molecule has 0 saturated heterocycles. The van der Waals surface area contributed by atoms with Crippen LogP contribution in [0.4, 0.5) is 5.13 Å². The number of hydrogen-bond acceptors (Lipinski definition) is 5. The van der Waals surface area contributed by atoms with Crippen molar-refractivity contribution < 1.29 is 4.79 Å². The fourth-order valence-corrected chi connectivity index (χ4v) is 2.10. The third-order valence-corrected chi connectivity index (χ3v) is 3.12. The highest BCUT2D eigenvalue weighted by Crippen LogP contribution is 2.26. The van der Waals surface area contributed by atoms with E-state index >= 15 is 0 Å². The summed E-state index contributed by atoms with van der Waals surface area (Å²) in [5, 5.41) is 12.2. The third kappa shape index (κ3) is 2.84. The van der Waals surface area contributed by atoms with Crippen molar-refractivity contribution in [3.8, 4) is 6.07 Å². The van der Waals surface area contributed by atoms with Crippen molar-refractivity contribution >= 4 is 34.0 Å². The second-order valence-electron chi connectivity index (χ2n) is 3.35. The van der Waals surface area contributed by atoms with E-state index in [1.165, 1.54) is 4.90 Å². The molecule has 0 saturated carbocycles. The Morgan fingerprint density at radius 1 is 1.69 bits per heavy atom. The van der Waals surface area contributed by atoms with E-state index in [0.717, 1.165) is 11.3 Å². The van der Waals surface area contributed by atoms with E-state index in [-0.39, 0.29) is 11.1 Å². The van der Waals surface area contributed by atoms with Gasteiger partial charge in [0.1, 0.15) is 17.0 Å². The molecule has 0 fully saturated rings. The second-order valence-corrected chi connectivity index (χ2v) is 4.71. The zero-order valence-electron chi connectivity index (χ0n) is 9.11. The molecular formula is C9H11ClN4OS. The highest BCUT2D eigenvalue weighted by Gasteiger charge is 2.17. The number of halogens is 1. The Kier molecular flexibility index (Phi) is 4.10. The Bertz CT molecular complexity index is 437. The van der Waals surface area contributed by atoms with E-state index < -0.39 is 6.04 Å². The highest BCUT2D eigenvalue weighted by molar-refractivity contribution is 7.16. The Hall–Kier alpha value is -1.32. The van der Waals surface area contributed by atoms with Crippen LogP contribution in [0.15, 0.2) is 0 Å². The van der Waals surface area contributed by atoms with Crippen LogP contribution in [0, 0.1) is 11.3 Å². The standard InChI is InChI=1S/C9H11ClN4OS/c1-5(8(15)14(2)3)12-9-13-7(10)6(4-11)16-9/h5H,1-3H3,(H,12,13). The van der Waals surface area contributed by atoms with Crippen LogP contribution in [0.5, 0.6) is 0 Å². The summed E-state index contributed by atoms with van der Waals surface area (Å²) in [4.78, 5) is 17.3. The highest BCUT2D eigenvalue weighted by atomic mass is 35.5. The molecule has 1 heterocycles. The van der Waals surface area contributed by atoms with Gasteiger partial charge in [0.2, 0.25) is 5.91 Å². The van der Waals surface area contributed by atoms with Gasteiger partial charge in [0.25, 0.3) is 0 Å². The van der Waals surface area contributed by atoms with E-state index in [4.69, 9.17) is 16.9 Å². The van der Waals surface area contributed by atoms with Crippen LogP contribution >= 0.6 is 22.9 Å². The van der Waals surface area contributed by atoms with Crippen LogP contribution in [0.1, 0.15) is 11.8 Å². The van der Waals surface area contributed by atoms with Crippen LogP contribution in [0.2, 0.25) is 5.15 Å². The Morgan fingerprint density at radius 2 is 2.31 bits per heavy atom. The number of hydrogen-bond donors (Lipinski definition) is 1. The molecule has 1 atom stereocenters. The molecule has 1 N–H and O–H groups in total. The minimum atomic E-state index is -0.399. The number of amides is 1. The lowest BCUT2D eigenvalue weighted by molar-refractivity contribution is -0.129. The first-order valence-corrected chi connectivity index (χ1v) is 5.69. The molecule has 0 bridgehead atoms. The summed E-state index contributed by atoms with van der Waals surface area (Å²) < 4.78 is 0. The zero-order valence-corrected chi connectivity index (χ0v) is 10.7. The molecule has 86 valence electrons. The van der Waals surface area contributed by atoms with E-state index in [9.17, 15) is 4.79 Å². The fourth-order valence-electron chi connectivity index (χ4n) is 1.07. The number of thiazole rings is 1. The average Bonchev–Trinajstić information content (AvgIpc) is 2.57. The molecular weight excluding hydrogens is 248 g/mol. The maximum atomic E-state index is 11.6. The van der Waals surface area contributed by atoms with Gasteiger partial charge in [0.05, 0.1) is 0 Å². The molecule has 0 radical (unpaired) electrons. The lowest BCUT2D eigenvalue weighted by atomic mass is 10.3. The number of likely N-dealkylation sites (N-methyl/N-ethyl adjacent to an activating group) is 1. The smallest absolute Gasteiger partial charge is 0.244 e. The number of rotatable bonds is 3. The van der Waals surface area contributed by atoms with Crippen LogP contribution in [-0.2, 0) is 4.79 Å². The number of carbonyl (C=O) groups excluding carboxylic acids is 1. The lowest BCUT2D eigenvalue weighted by Crippen LogP contribution is -2.36. The summed E-state index contributed by atoms with van der Waals surface area (Å²) in [5.74, 6) is -0.0650. The summed E-state index contributed by atoms with van der Waals surface area (Å²) >= 11 is 6.84. The molecule has 1 amide bonds. The largest absolute Gasteiger partial charge is 0.350 e. The first-order chi connectivity index (χ1) is 7.45. The summed E-state index contributed by atoms with van der Waals surface area (Å²) in [7, 11) is 3.35. The second kappa shape index (κ2) is 5.14. The lowest BCUT2D eigenvalue weighted by Gasteiger charge is -2.17. The summed E-state index contributed by atoms with van der Waals surface area (Å²) in [6.07, 6.45) is 0. The number of nitrogens with one attached hydrogen (secondary N) is 1. The molecule has 1 aromatic rings. The van der Waals surface area contributed by atoms with E-state index in [1.54, 1.807) is 21.0 Å². The van der Waals surface area contributed by atoms with Crippen LogP contribution in [0.3, 0.4) is 0 Å². The van der Waals surface area contributed by atoms with E-state index in [2.05, 4.69) is 10.3 Å². The Morgan fingerprint density at radius 3 is 2.75 bits per heavy atom. The monoisotopic (exact) mass is 258 g/mol. The van der Waals surface area contributed by atoms with Gasteiger partial charge in [-0.3, -0.25) is 4.79 Å². The molecule has 0 aliphatic heterocycles. The quantitative estimate of drug-likeness (QED) is 0.893. The molecule has 0 aliphatic carbocycles. The third-order valence-electron chi connectivity index (χ3n) is 1.84. The topological polar surface area (TPSA) is 69.0 Å². The Labute approximate surface area is 103 Å². The van der Waals surface area contributed by atoms with Crippen LogP contribution in [-0.4, -0.2) is 35.9 Å². The van der Waals surface area contributed by atoms with Gasteiger partial charge < -0.3 is 10.2 Å². The van der Waals surface area contributed by atoms with Gasteiger partial charge in [0.15, 0.2) is 10.3 Å². The number of anilines is 1. The number of aromatic nitrogens is 1. The van der Waals surface area contributed by atoms with Crippen molar-refractivity contribution in [2.75, 3.05) is 19.4 Å². The molecule has 1 rings (SSSR count). The van der Waals surface area contributed by atoms with Gasteiger partial charge in [-0.1, -0.05) is 22.9 Å². The minimum absolute atomic E-state index is 0.0650. The number of nitriles is 1. The van der Waals surface area contributed by atoms with Crippen LogP contribution < -0.4 is 5.32 Å². The van der Waals surface area contributed by atoms with Crippen molar-refractivity contribution in [2.45, 2.75) is 13.0 Å². The normalized spacial score (nSPS) is 11.7. The summed E-state index contributed by atoms with van der Waals surface area (Å²) in [5.41, 5.74) is 0. The minimum Gasteiger partial charge on any atom is -0.350 e. The van der Waals surface area contributed by atoms with Gasteiger partial charge in [-0.15, -0.1) is 0 Å². The van der Waals surface area contributed by atoms with Crippen molar-refractivity contribution in [3.05, 3.63) is 10.0 Å². The van der Waals surface area contributed by atoms with E-state index in [0.29, 0.717) is 10.0 Å². The molecule has 5 nitrogen and oxygen atoms in total. The molecule has 0 spiro atoms. The maximum absolute atomic E-state index is 11.6. The zero-order chi connectivity index (χ0) is 12.3. The van der Waals surface area contributed by atoms with Gasteiger partial charge in [0, 0.05) is 14.1 Å². The predicted octanol–water partition coefficient (Wildman–Crippen LogP) is 1.56. The molecule has 0 aliphatic rings. The number of carbonyl (C=O) groups is 1. The molecule has 16 heavy (non-hydrogen) atoms. The van der Waals surface area contributed by atoms with Gasteiger partial charge in [-0.05, 0) is 6.92 Å². The molecule has 7 heteroatoms. The summed E-state index contributed by atoms with van der Waals surface area (Å²) in [6.45, 7) is 1.73. The van der Waals surface area contributed by atoms with E-state index in [1.807, 2.05) is 6.07 Å². The molecule has 1 unspecified atom stereocenters. The van der Waals surface area contributed by atoms with Crippen molar-refractivity contribution in [1.29, 1.82) is 5.26 Å². The van der Waals surface area contributed by atoms with Gasteiger partial charge >= 0.3 is 0 Å². The average molecular weight is 259 g/mol. The Balaban J connectivity index is 2.74. The van der Waals surface area contributed by atoms with Crippen LogP contribution in [0.25, 0.3) is 0 Å². The summed E-state index contributed by atoms with van der Waals surface area (Å²) in [6, 6.07) is 1.53. The molecule has 1 aromatic heterocycles. The number of nitrogens with zero attached hydrogens (tertiary/aromatic N) is 3. The first-order valence-electron chi connectivity index (χ1n) is 4.49. The first kappa shape index (κ1) is 12.7. The van der Waals surface area contributed by atoms with Crippen molar-refractivity contribution in [3.63, 3.8) is 0 Å². The SMILES string of the molecule is CC(Nc1nc(Cl)c(C#N)s1)C(=O)N(C)C. The predicted molar refractivity (Wildman–Crippen MR) is 63.6 cm³/mol. The maximum Gasteiger partial charge on any atom is 0.244 e. The molecule has 0 aromatic carbocycles. The van der Waals surface area contributed by atoms with Crippen molar-refractivity contribution in [1.82, 2.24) is 9.88 Å².